The van der Waals surface area contributed by atoms with Crippen molar-refractivity contribution in [1.82, 2.24) is 0 Å². The van der Waals surface area contributed by atoms with Crippen LogP contribution in [0.3, 0.4) is 0 Å². The number of nitrogens with one attached hydrogen (secondary N) is 1. The second-order valence-electron chi connectivity index (χ2n) is 4.03. The third-order valence-electron chi connectivity index (χ3n) is 2.73. The largest absolute Gasteiger partial charge is 0.508 e. The molecule has 0 saturated carbocycles. The Morgan fingerprint density at radius 3 is 2.63 bits per heavy atom. The first-order valence-corrected chi connectivity index (χ1v) is 6.29. The average molecular weight is 296 g/mol. The number of hydrogen-bond donors (Lipinski definition) is 2. The number of phenolic OH excluding ortho intramolecular Hbond substituents is 1. The summed E-state index contributed by atoms with van der Waals surface area (Å²) in [5, 5.41) is 13.0. The highest BCUT2D eigenvalue weighted by molar-refractivity contribution is 6.37. The quantitative estimate of drug-likeness (QED) is 0.870. The summed E-state index contributed by atoms with van der Waals surface area (Å²) in [7, 11) is 0. The van der Waals surface area contributed by atoms with Crippen LogP contribution in [-0.4, -0.2) is 11.0 Å². The fourth-order valence-corrected chi connectivity index (χ4v) is 2.12. The van der Waals surface area contributed by atoms with E-state index in [0.29, 0.717) is 21.8 Å². The number of amides is 1. The lowest BCUT2D eigenvalue weighted by Gasteiger charge is -2.10. The van der Waals surface area contributed by atoms with Crippen LogP contribution in [0.4, 0.5) is 5.69 Å². The van der Waals surface area contributed by atoms with E-state index >= 15 is 0 Å². The molecule has 0 heterocycles. The Labute approximate surface area is 120 Å². The molecular weight excluding hydrogens is 285 g/mol. The zero-order valence-corrected chi connectivity index (χ0v) is 11.6. The number of anilines is 1. The summed E-state index contributed by atoms with van der Waals surface area (Å²) in [5.41, 5.74) is 1.46. The molecule has 2 rings (SSSR count). The highest BCUT2D eigenvalue weighted by atomic mass is 35.5. The molecule has 1 amide bonds. The molecule has 19 heavy (non-hydrogen) atoms. The molecule has 3 nitrogen and oxygen atoms in total. The molecule has 0 atom stereocenters. The van der Waals surface area contributed by atoms with Gasteiger partial charge in [-0.15, -0.1) is 0 Å². The molecule has 0 fully saturated rings. The molecule has 2 aromatic carbocycles. The molecule has 0 radical (unpaired) electrons. The first kappa shape index (κ1) is 13.7. The van der Waals surface area contributed by atoms with Gasteiger partial charge in [0.2, 0.25) is 0 Å². The van der Waals surface area contributed by atoms with E-state index in [9.17, 15) is 9.90 Å². The fourth-order valence-electron chi connectivity index (χ4n) is 1.62. The standard InChI is InChI=1S/C14H11Cl2NO2/c1-8-12(3-2-4-13(8)18)17-14(19)10-6-5-9(15)7-11(10)16/h2-7,18H,1H3,(H,17,19). The van der Waals surface area contributed by atoms with E-state index in [0.717, 1.165) is 0 Å². The zero-order valence-electron chi connectivity index (χ0n) is 10.1. The van der Waals surface area contributed by atoms with Crippen molar-refractivity contribution in [2.24, 2.45) is 0 Å². The lowest BCUT2D eigenvalue weighted by atomic mass is 10.1. The first-order valence-electron chi connectivity index (χ1n) is 5.54. The summed E-state index contributed by atoms with van der Waals surface area (Å²) in [6.07, 6.45) is 0. The van der Waals surface area contributed by atoms with Crippen LogP contribution in [0.25, 0.3) is 0 Å². The number of phenols is 1. The number of carbonyl (C=O) groups is 1. The van der Waals surface area contributed by atoms with E-state index in [1.165, 1.54) is 6.07 Å². The maximum absolute atomic E-state index is 12.1. The highest BCUT2D eigenvalue weighted by Crippen LogP contribution is 2.26. The van der Waals surface area contributed by atoms with Gasteiger partial charge in [0.25, 0.3) is 5.91 Å². The molecule has 0 aliphatic rings. The number of halogens is 2. The van der Waals surface area contributed by atoms with Crippen LogP contribution < -0.4 is 5.32 Å². The van der Waals surface area contributed by atoms with Crippen molar-refractivity contribution in [1.29, 1.82) is 0 Å². The molecular formula is C14H11Cl2NO2. The topological polar surface area (TPSA) is 49.3 Å². The third-order valence-corrected chi connectivity index (χ3v) is 3.28. The van der Waals surface area contributed by atoms with Gasteiger partial charge < -0.3 is 10.4 Å². The lowest BCUT2D eigenvalue weighted by Crippen LogP contribution is -2.13. The predicted molar refractivity (Wildman–Crippen MR) is 77.3 cm³/mol. The Morgan fingerprint density at radius 1 is 1.21 bits per heavy atom. The van der Waals surface area contributed by atoms with Crippen LogP contribution in [0.1, 0.15) is 15.9 Å². The molecule has 0 aromatic heterocycles. The van der Waals surface area contributed by atoms with E-state index in [-0.39, 0.29) is 16.7 Å². The van der Waals surface area contributed by atoms with Crippen LogP contribution >= 0.6 is 23.2 Å². The van der Waals surface area contributed by atoms with Crippen molar-refractivity contribution in [2.45, 2.75) is 6.92 Å². The average Bonchev–Trinajstić information content (AvgIpc) is 2.34. The van der Waals surface area contributed by atoms with Crippen LogP contribution in [0.15, 0.2) is 36.4 Å². The van der Waals surface area contributed by atoms with Gasteiger partial charge in [0.1, 0.15) is 5.75 Å². The van der Waals surface area contributed by atoms with Gasteiger partial charge in [-0.2, -0.15) is 0 Å². The summed E-state index contributed by atoms with van der Waals surface area (Å²) >= 11 is 11.7. The van der Waals surface area contributed by atoms with E-state index in [1.54, 1.807) is 37.3 Å². The maximum atomic E-state index is 12.1. The molecule has 5 heteroatoms. The molecule has 0 unspecified atom stereocenters. The van der Waals surface area contributed by atoms with Crippen molar-refractivity contribution in [3.63, 3.8) is 0 Å². The monoisotopic (exact) mass is 295 g/mol. The Bertz CT molecular complexity index is 641. The van der Waals surface area contributed by atoms with Crippen molar-refractivity contribution in [3.05, 3.63) is 57.6 Å². The van der Waals surface area contributed by atoms with Crippen LogP contribution in [0.5, 0.6) is 5.75 Å². The Kier molecular flexibility index (Phi) is 3.98. The SMILES string of the molecule is Cc1c(O)cccc1NC(=O)c1ccc(Cl)cc1Cl. The molecule has 0 spiro atoms. The smallest absolute Gasteiger partial charge is 0.257 e. The molecule has 0 bridgehead atoms. The van der Waals surface area contributed by atoms with E-state index in [2.05, 4.69) is 5.32 Å². The third kappa shape index (κ3) is 3.00. The summed E-state index contributed by atoms with van der Waals surface area (Å²) in [6.45, 7) is 1.72. The van der Waals surface area contributed by atoms with Crippen LogP contribution in [0, 0.1) is 6.92 Å². The number of rotatable bonds is 2. The maximum Gasteiger partial charge on any atom is 0.257 e. The first-order chi connectivity index (χ1) is 8.99. The van der Waals surface area contributed by atoms with Gasteiger partial charge >= 0.3 is 0 Å². The second-order valence-corrected chi connectivity index (χ2v) is 4.87. The molecule has 0 saturated heterocycles. The van der Waals surface area contributed by atoms with Gasteiger partial charge in [0.05, 0.1) is 10.6 Å². The van der Waals surface area contributed by atoms with Gasteiger partial charge in [-0.25, -0.2) is 0 Å². The summed E-state index contributed by atoms with van der Waals surface area (Å²) in [6, 6.07) is 9.57. The molecule has 0 aliphatic carbocycles. The highest BCUT2D eigenvalue weighted by Gasteiger charge is 2.12. The zero-order chi connectivity index (χ0) is 14.0. The van der Waals surface area contributed by atoms with Crippen molar-refractivity contribution in [3.8, 4) is 5.75 Å². The second kappa shape index (κ2) is 5.51. The van der Waals surface area contributed by atoms with E-state index in [4.69, 9.17) is 23.2 Å². The van der Waals surface area contributed by atoms with Gasteiger partial charge in [0, 0.05) is 16.3 Å². The van der Waals surface area contributed by atoms with E-state index in [1.807, 2.05) is 0 Å². The summed E-state index contributed by atoms with van der Waals surface area (Å²) < 4.78 is 0. The summed E-state index contributed by atoms with van der Waals surface area (Å²) in [5.74, 6) is -0.227. The number of carbonyl (C=O) groups excluding carboxylic acids is 1. The predicted octanol–water partition coefficient (Wildman–Crippen LogP) is 4.26. The molecule has 98 valence electrons. The number of aromatic hydroxyl groups is 1. The normalized spacial score (nSPS) is 10.3. The minimum absolute atomic E-state index is 0.125. The van der Waals surface area contributed by atoms with Crippen molar-refractivity contribution >= 4 is 34.8 Å². The number of benzene rings is 2. The lowest BCUT2D eigenvalue weighted by molar-refractivity contribution is 0.102. The van der Waals surface area contributed by atoms with Crippen molar-refractivity contribution < 1.29 is 9.90 Å². The minimum atomic E-state index is -0.352. The van der Waals surface area contributed by atoms with Crippen LogP contribution in [-0.2, 0) is 0 Å². The van der Waals surface area contributed by atoms with Crippen molar-refractivity contribution in [2.75, 3.05) is 5.32 Å². The Hall–Kier alpha value is -1.71. The fraction of sp³-hybridized carbons (Fsp3) is 0.0714. The van der Waals surface area contributed by atoms with Gasteiger partial charge in [-0.3, -0.25) is 4.79 Å². The van der Waals surface area contributed by atoms with Gasteiger partial charge in [-0.1, -0.05) is 29.3 Å². The molecule has 2 aromatic rings. The number of hydrogen-bond acceptors (Lipinski definition) is 2. The Morgan fingerprint density at radius 2 is 1.95 bits per heavy atom. The summed E-state index contributed by atoms with van der Waals surface area (Å²) in [4.78, 5) is 12.1. The van der Waals surface area contributed by atoms with Crippen LogP contribution in [0.2, 0.25) is 10.0 Å². The van der Waals surface area contributed by atoms with Gasteiger partial charge in [-0.05, 0) is 37.3 Å². The van der Waals surface area contributed by atoms with Gasteiger partial charge in [0.15, 0.2) is 0 Å². The molecule has 0 aliphatic heterocycles. The van der Waals surface area contributed by atoms with E-state index < -0.39 is 0 Å². The Balaban J connectivity index is 2.28. The molecule has 2 N–H and O–H groups in total. The minimum Gasteiger partial charge on any atom is -0.508 e.